The predicted molar refractivity (Wildman–Crippen MR) is 84.0 cm³/mol. The first kappa shape index (κ1) is 16.3. The Morgan fingerprint density at radius 1 is 1.10 bits per heavy atom. The van der Waals surface area contributed by atoms with E-state index in [1.807, 2.05) is 24.3 Å². The van der Waals surface area contributed by atoms with Gasteiger partial charge in [0.25, 0.3) is 0 Å². The third-order valence-electron chi connectivity index (χ3n) is 2.95. The smallest absolute Gasteiger partial charge is 0.226 e. The summed E-state index contributed by atoms with van der Waals surface area (Å²) in [6, 6.07) is 7.67. The SMILES string of the molecule is CCN(CC)c1nc(CN)cc(-c2ccccn2)n1.Cl. The highest BCUT2D eigenvalue weighted by Crippen LogP contribution is 2.18. The molecule has 2 N–H and O–H groups in total. The second-order valence-corrected chi connectivity index (χ2v) is 4.14. The van der Waals surface area contributed by atoms with Crippen LogP contribution in [0.2, 0.25) is 0 Å². The van der Waals surface area contributed by atoms with Crippen molar-refractivity contribution < 1.29 is 0 Å². The first-order valence-electron chi connectivity index (χ1n) is 6.52. The Labute approximate surface area is 125 Å². The maximum absolute atomic E-state index is 5.72. The van der Waals surface area contributed by atoms with E-state index >= 15 is 0 Å². The number of nitrogens with two attached hydrogens (primary N) is 1. The molecule has 0 spiro atoms. The summed E-state index contributed by atoms with van der Waals surface area (Å²) in [4.78, 5) is 15.5. The summed E-state index contributed by atoms with van der Waals surface area (Å²) >= 11 is 0. The minimum Gasteiger partial charge on any atom is -0.341 e. The minimum absolute atomic E-state index is 0. The van der Waals surface area contributed by atoms with Crippen LogP contribution >= 0.6 is 12.4 Å². The number of hydrogen-bond donors (Lipinski definition) is 1. The van der Waals surface area contributed by atoms with E-state index in [1.165, 1.54) is 0 Å². The van der Waals surface area contributed by atoms with Crippen LogP contribution in [-0.4, -0.2) is 28.0 Å². The van der Waals surface area contributed by atoms with E-state index in [1.54, 1.807) is 6.20 Å². The molecule has 0 saturated carbocycles. The number of aromatic nitrogens is 3. The van der Waals surface area contributed by atoms with Gasteiger partial charge in [-0.05, 0) is 32.0 Å². The molecule has 0 radical (unpaired) electrons. The van der Waals surface area contributed by atoms with Crippen molar-refractivity contribution in [3.63, 3.8) is 0 Å². The molecule has 0 aromatic carbocycles. The molecule has 5 nitrogen and oxygen atoms in total. The van der Waals surface area contributed by atoms with Gasteiger partial charge in [0, 0.05) is 25.8 Å². The quantitative estimate of drug-likeness (QED) is 0.916. The monoisotopic (exact) mass is 293 g/mol. The molecular formula is C14H20ClN5. The fourth-order valence-electron chi connectivity index (χ4n) is 1.88. The highest BCUT2D eigenvalue weighted by molar-refractivity contribution is 5.85. The molecular weight excluding hydrogens is 274 g/mol. The van der Waals surface area contributed by atoms with E-state index in [0.29, 0.717) is 12.5 Å². The Bertz CT molecular complexity index is 528. The summed E-state index contributed by atoms with van der Waals surface area (Å²) in [6.45, 7) is 6.31. The van der Waals surface area contributed by atoms with Crippen molar-refractivity contribution in [3.8, 4) is 11.4 Å². The van der Waals surface area contributed by atoms with Gasteiger partial charge in [0.15, 0.2) is 0 Å². The standard InChI is InChI=1S/C14H19N5.ClH/c1-3-19(4-2)14-17-11(10-15)9-13(18-14)12-7-5-6-8-16-12;/h5-9H,3-4,10,15H2,1-2H3;1H. The molecule has 2 aromatic rings. The van der Waals surface area contributed by atoms with Gasteiger partial charge in [-0.1, -0.05) is 6.07 Å². The average Bonchev–Trinajstić information content (AvgIpc) is 2.49. The van der Waals surface area contributed by atoms with Crippen LogP contribution in [-0.2, 0) is 6.54 Å². The molecule has 6 heteroatoms. The number of pyridine rings is 1. The van der Waals surface area contributed by atoms with Crippen LogP contribution in [0.5, 0.6) is 0 Å². The Morgan fingerprint density at radius 2 is 1.85 bits per heavy atom. The summed E-state index contributed by atoms with van der Waals surface area (Å²) in [5.41, 5.74) is 8.21. The summed E-state index contributed by atoms with van der Waals surface area (Å²) < 4.78 is 0. The zero-order valence-electron chi connectivity index (χ0n) is 11.8. The van der Waals surface area contributed by atoms with E-state index in [9.17, 15) is 0 Å². The second kappa shape index (κ2) is 7.77. The van der Waals surface area contributed by atoms with Crippen LogP contribution in [0, 0.1) is 0 Å². The van der Waals surface area contributed by atoms with Crippen LogP contribution in [0.25, 0.3) is 11.4 Å². The molecule has 0 aliphatic rings. The molecule has 20 heavy (non-hydrogen) atoms. The molecule has 0 fully saturated rings. The number of hydrogen-bond acceptors (Lipinski definition) is 5. The molecule has 0 atom stereocenters. The molecule has 0 aliphatic carbocycles. The number of anilines is 1. The molecule has 108 valence electrons. The number of halogens is 1. The Kier molecular flexibility index (Phi) is 6.35. The first-order valence-corrected chi connectivity index (χ1v) is 6.52. The first-order chi connectivity index (χ1) is 9.28. The van der Waals surface area contributed by atoms with Gasteiger partial charge in [-0.25, -0.2) is 9.97 Å². The largest absolute Gasteiger partial charge is 0.341 e. The van der Waals surface area contributed by atoms with Crippen LogP contribution in [0.1, 0.15) is 19.5 Å². The van der Waals surface area contributed by atoms with E-state index in [4.69, 9.17) is 5.73 Å². The Balaban J connectivity index is 0.00000200. The van der Waals surface area contributed by atoms with E-state index in [0.717, 1.165) is 30.2 Å². The van der Waals surface area contributed by atoms with E-state index < -0.39 is 0 Å². The normalized spacial score (nSPS) is 9.95. The van der Waals surface area contributed by atoms with Crippen molar-refractivity contribution in [2.45, 2.75) is 20.4 Å². The Hall–Kier alpha value is -1.72. The molecule has 0 saturated heterocycles. The third kappa shape index (κ3) is 3.65. The molecule has 2 heterocycles. The maximum Gasteiger partial charge on any atom is 0.226 e. The lowest BCUT2D eigenvalue weighted by Gasteiger charge is -2.19. The van der Waals surface area contributed by atoms with Crippen LogP contribution in [0.15, 0.2) is 30.5 Å². The molecule has 0 aliphatic heterocycles. The summed E-state index contributed by atoms with van der Waals surface area (Å²) in [6.07, 6.45) is 1.76. The zero-order valence-corrected chi connectivity index (χ0v) is 12.6. The Morgan fingerprint density at radius 3 is 2.40 bits per heavy atom. The number of rotatable bonds is 5. The average molecular weight is 294 g/mol. The molecule has 0 amide bonds. The van der Waals surface area contributed by atoms with Crippen LogP contribution < -0.4 is 10.6 Å². The van der Waals surface area contributed by atoms with E-state index in [-0.39, 0.29) is 12.4 Å². The molecule has 2 aromatic heterocycles. The van der Waals surface area contributed by atoms with Crippen molar-refractivity contribution in [2.24, 2.45) is 5.73 Å². The summed E-state index contributed by atoms with van der Waals surface area (Å²) in [5, 5.41) is 0. The minimum atomic E-state index is 0. The van der Waals surface area contributed by atoms with Crippen molar-refractivity contribution >= 4 is 18.4 Å². The zero-order chi connectivity index (χ0) is 13.7. The van der Waals surface area contributed by atoms with Crippen molar-refractivity contribution in [1.82, 2.24) is 15.0 Å². The highest BCUT2D eigenvalue weighted by Gasteiger charge is 2.10. The predicted octanol–water partition coefficient (Wildman–Crippen LogP) is 2.27. The molecule has 2 rings (SSSR count). The van der Waals surface area contributed by atoms with Crippen LogP contribution in [0.3, 0.4) is 0 Å². The lowest BCUT2D eigenvalue weighted by atomic mass is 10.2. The van der Waals surface area contributed by atoms with Gasteiger partial charge in [-0.2, -0.15) is 0 Å². The summed E-state index contributed by atoms with van der Waals surface area (Å²) in [7, 11) is 0. The van der Waals surface area contributed by atoms with Gasteiger partial charge in [0.1, 0.15) is 0 Å². The van der Waals surface area contributed by atoms with Gasteiger partial charge in [0.05, 0.1) is 17.1 Å². The number of nitrogens with zero attached hydrogens (tertiary/aromatic N) is 4. The lowest BCUT2D eigenvalue weighted by molar-refractivity contribution is 0.808. The second-order valence-electron chi connectivity index (χ2n) is 4.14. The maximum atomic E-state index is 5.72. The van der Waals surface area contributed by atoms with Crippen molar-refractivity contribution in [1.29, 1.82) is 0 Å². The van der Waals surface area contributed by atoms with Gasteiger partial charge in [-0.3, -0.25) is 4.98 Å². The molecule has 0 bridgehead atoms. The highest BCUT2D eigenvalue weighted by atomic mass is 35.5. The van der Waals surface area contributed by atoms with Crippen molar-refractivity contribution in [2.75, 3.05) is 18.0 Å². The van der Waals surface area contributed by atoms with Gasteiger partial charge < -0.3 is 10.6 Å². The fourth-order valence-corrected chi connectivity index (χ4v) is 1.88. The van der Waals surface area contributed by atoms with Gasteiger partial charge >= 0.3 is 0 Å². The summed E-state index contributed by atoms with van der Waals surface area (Å²) in [5.74, 6) is 0.716. The topological polar surface area (TPSA) is 67.9 Å². The van der Waals surface area contributed by atoms with Gasteiger partial charge in [-0.15, -0.1) is 12.4 Å². The van der Waals surface area contributed by atoms with Crippen molar-refractivity contribution in [3.05, 3.63) is 36.2 Å². The van der Waals surface area contributed by atoms with Gasteiger partial charge in [0.2, 0.25) is 5.95 Å². The third-order valence-corrected chi connectivity index (χ3v) is 2.95. The van der Waals surface area contributed by atoms with E-state index in [2.05, 4.69) is 33.7 Å². The van der Waals surface area contributed by atoms with Crippen LogP contribution in [0.4, 0.5) is 5.95 Å². The molecule has 0 unspecified atom stereocenters. The lowest BCUT2D eigenvalue weighted by Crippen LogP contribution is -2.25. The fraction of sp³-hybridized carbons (Fsp3) is 0.357.